The first kappa shape index (κ1) is 20.6. The average Bonchev–Trinajstić information content (AvgIpc) is 2.57. The highest BCUT2D eigenvalue weighted by atomic mass is 32.2. The Kier molecular flexibility index (Phi) is 8.41. The van der Waals surface area contributed by atoms with E-state index in [0.717, 1.165) is 16.9 Å². The molecule has 0 heterocycles. The Morgan fingerprint density at radius 2 is 1.83 bits per heavy atom. The van der Waals surface area contributed by atoms with Gasteiger partial charge in [-0.15, -0.1) is 0 Å². The molecule has 24 heavy (non-hydrogen) atoms. The van der Waals surface area contributed by atoms with Crippen LogP contribution in [0.1, 0.15) is 44.5 Å². The third-order valence-corrected chi connectivity index (χ3v) is 4.01. The monoisotopic (exact) mass is 356 g/mol. The summed E-state index contributed by atoms with van der Waals surface area (Å²) in [7, 11) is 1.41. The highest BCUT2D eigenvalue weighted by molar-refractivity contribution is 7.94. The molecule has 0 fully saturated rings. The lowest BCUT2D eigenvalue weighted by Gasteiger charge is -2.27. The molecule has 134 valence electrons. The van der Waals surface area contributed by atoms with Gasteiger partial charge < -0.3 is 9.47 Å². The summed E-state index contributed by atoms with van der Waals surface area (Å²) >= 11 is 1.04. The van der Waals surface area contributed by atoms with Gasteiger partial charge in [-0.1, -0.05) is 19.1 Å². The number of Topliss-reactive ketones (excluding diaryl/α,β-unsaturated/α-hetero) is 1. The van der Waals surface area contributed by atoms with Gasteiger partial charge in [0.1, 0.15) is 6.61 Å². The van der Waals surface area contributed by atoms with E-state index in [1.165, 1.54) is 7.11 Å². The summed E-state index contributed by atoms with van der Waals surface area (Å²) in [5.41, 5.74) is -0.770. The van der Waals surface area contributed by atoms with Gasteiger partial charge in [-0.3, -0.25) is 4.79 Å². The summed E-state index contributed by atoms with van der Waals surface area (Å²) in [6.07, 6.45) is 0.281. The number of carbonyl (C=O) groups excluding carboxylic acids is 2. The van der Waals surface area contributed by atoms with Gasteiger partial charge >= 0.3 is 5.97 Å². The van der Waals surface area contributed by atoms with Crippen LogP contribution >= 0.6 is 12.0 Å². The van der Waals surface area contributed by atoms with E-state index >= 15 is 0 Å². The predicted molar refractivity (Wildman–Crippen MR) is 90.6 cm³/mol. The molecule has 0 saturated heterocycles. The zero-order chi connectivity index (χ0) is 18.2. The van der Waals surface area contributed by atoms with Gasteiger partial charge in [0.2, 0.25) is 5.78 Å². The van der Waals surface area contributed by atoms with E-state index in [9.17, 15) is 9.59 Å². The molecule has 1 rings (SSSR count). The van der Waals surface area contributed by atoms with Gasteiger partial charge in [0.05, 0.1) is 25.3 Å². The highest BCUT2D eigenvalue weighted by Gasteiger charge is 2.36. The zero-order valence-electron chi connectivity index (χ0n) is 14.7. The van der Waals surface area contributed by atoms with Gasteiger partial charge in [0, 0.05) is 10.5 Å². The van der Waals surface area contributed by atoms with E-state index in [4.69, 9.17) is 13.8 Å². The van der Waals surface area contributed by atoms with Gasteiger partial charge in [0.15, 0.2) is 5.60 Å². The summed E-state index contributed by atoms with van der Waals surface area (Å²) in [5, 5.41) is 0. The maximum atomic E-state index is 12.7. The molecule has 0 bridgehead atoms. The van der Waals surface area contributed by atoms with Crippen molar-refractivity contribution in [1.82, 2.24) is 0 Å². The summed E-state index contributed by atoms with van der Waals surface area (Å²) in [6, 6.07) is 6.79. The highest BCUT2D eigenvalue weighted by Crippen LogP contribution is 2.25. The molecule has 0 saturated carbocycles. The first-order chi connectivity index (χ1) is 11.3. The van der Waals surface area contributed by atoms with Crippen LogP contribution in [-0.2, 0) is 23.5 Å². The minimum atomic E-state index is -1.23. The zero-order valence-corrected chi connectivity index (χ0v) is 15.5. The molecule has 0 aliphatic heterocycles. The Morgan fingerprint density at radius 3 is 2.33 bits per heavy atom. The summed E-state index contributed by atoms with van der Waals surface area (Å²) in [4.78, 5) is 29.9. The second kappa shape index (κ2) is 9.78. The number of benzene rings is 1. The molecular formula is C17H24O6S. The van der Waals surface area contributed by atoms with Crippen LogP contribution in [0.2, 0.25) is 0 Å². The minimum Gasteiger partial charge on any atom is -0.449 e. The number of esters is 1. The quantitative estimate of drug-likeness (QED) is 0.208. The van der Waals surface area contributed by atoms with Gasteiger partial charge in [-0.25, -0.2) is 9.68 Å². The van der Waals surface area contributed by atoms with Crippen molar-refractivity contribution >= 4 is 23.8 Å². The smallest absolute Gasteiger partial charge is 0.333 e. The molecule has 1 atom stereocenters. The SMILES string of the molecule is CC[C@](C)(OC(=O)COC(C)C)C(=O)c1ccc(SOOC)cc1. The molecule has 0 radical (unpaired) electrons. The number of hydrogen-bond acceptors (Lipinski definition) is 7. The molecule has 0 N–H and O–H groups in total. The van der Waals surface area contributed by atoms with Crippen LogP contribution in [0.4, 0.5) is 0 Å². The van der Waals surface area contributed by atoms with Crippen LogP contribution in [-0.4, -0.2) is 37.2 Å². The molecule has 0 aliphatic carbocycles. The lowest BCUT2D eigenvalue weighted by molar-refractivity contribution is -0.161. The fourth-order valence-electron chi connectivity index (χ4n) is 1.83. The fourth-order valence-corrected chi connectivity index (χ4v) is 2.23. The first-order valence-electron chi connectivity index (χ1n) is 7.68. The van der Waals surface area contributed by atoms with Crippen LogP contribution in [0.5, 0.6) is 0 Å². The molecule has 0 amide bonds. The Labute approximate surface area is 146 Å². The molecular weight excluding hydrogens is 332 g/mol. The van der Waals surface area contributed by atoms with Crippen LogP contribution < -0.4 is 0 Å². The van der Waals surface area contributed by atoms with Crippen LogP contribution in [0, 0.1) is 0 Å². The molecule has 0 unspecified atom stereocenters. The molecule has 0 aliphatic rings. The van der Waals surface area contributed by atoms with Crippen molar-refractivity contribution in [2.24, 2.45) is 0 Å². The number of ketones is 1. The van der Waals surface area contributed by atoms with E-state index in [0.29, 0.717) is 12.0 Å². The van der Waals surface area contributed by atoms with E-state index < -0.39 is 11.6 Å². The number of rotatable bonds is 10. The minimum absolute atomic E-state index is 0.0829. The molecule has 1 aromatic carbocycles. The first-order valence-corrected chi connectivity index (χ1v) is 8.42. The van der Waals surface area contributed by atoms with Gasteiger partial charge in [-0.05, 0) is 39.3 Å². The average molecular weight is 356 g/mol. The van der Waals surface area contributed by atoms with E-state index in [2.05, 4.69) is 4.89 Å². The molecule has 0 aromatic heterocycles. The van der Waals surface area contributed by atoms with Crippen LogP contribution in [0.3, 0.4) is 0 Å². The fraction of sp³-hybridized carbons (Fsp3) is 0.529. The Morgan fingerprint density at radius 1 is 1.21 bits per heavy atom. The standard InChI is InChI=1S/C17H24O6S/c1-6-17(4,22-15(18)11-21-12(2)3)16(19)13-7-9-14(10-8-13)24-23-20-5/h7-10,12H,6,11H2,1-5H3/t17-/m0/s1. The summed E-state index contributed by atoms with van der Waals surface area (Å²) in [6.45, 7) is 6.88. The number of hydrogen-bond donors (Lipinski definition) is 0. The normalized spacial score (nSPS) is 13.6. The second-order valence-electron chi connectivity index (χ2n) is 5.59. The summed E-state index contributed by atoms with van der Waals surface area (Å²) < 4.78 is 15.4. The van der Waals surface area contributed by atoms with Crippen molar-refractivity contribution in [2.75, 3.05) is 13.7 Å². The van der Waals surface area contributed by atoms with Crippen LogP contribution in [0.25, 0.3) is 0 Å². The van der Waals surface area contributed by atoms with Crippen LogP contribution in [0.15, 0.2) is 29.2 Å². The Bertz CT molecular complexity index is 543. The second-order valence-corrected chi connectivity index (χ2v) is 6.36. The van der Waals surface area contributed by atoms with Crippen molar-refractivity contribution < 1.29 is 28.3 Å². The van der Waals surface area contributed by atoms with Crippen molar-refractivity contribution in [3.05, 3.63) is 29.8 Å². The topological polar surface area (TPSA) is 71.1 Å². The lowest BCUT2D eigenvalue weighted by atomic mass is 9.92. The van der Waals surface area contributed by atoms with E-state index in [1.807, 2.05) is 13.8 Å². The Balaban J connectivity index is 2.78. The third kappa shape index (κ3) is 6.24. The number of ether oxygens (including phenoxy) is 2. The van der Waals surface area contributed by atoms with Crippen molar-refractivity contribution in [1.29, 1.82) is 0 Å². The van der Waals surface area contributed by atoms with Crippen molar-refractivity contribution in [2.45, 2.75) is 50.7 Å². The largest absolute Gasteiger partial charge is 0.449 e. The van der Waals surface area contributed by atoms with Crippen molar-refractivity contribution in [3.63, 3.8) is 0 Å². The maximum absolute atomic E-state index is 12.7. The van der Waals surface area contributed by atoms with Gasteiger partial charge in [-0.2, -0.15) is 4.33 Å². The molecule has 6 nitrogen and oxygen atoms in total. The number of carbonyl (C=O) groups is 2. The van der Waals surface area contributed by atoms with Gasteiger partial charge in [0.25, 0.3) is 0 Å². The maximum Gasteiger partial charge on any atom is 0.333 e. The van der Waals surface area contributed by atoms with Crippen molar-refractivity contribution in [3.8, 4) is 0 Å². The third-order valence-electron chi connectivity index (χ3n) is 3.34. The lowest BCUT2D eigenvalue weighted by Crippen LogP contribution is -2.41. The molecule has 7 heteroatoms. The summed E-state index contributed by atoms with van der Waals surface area (Å²) in [5.74, 6) is -0.811. The van der Waals surface area contributed by atoms with E-state index in [1.54, 1.807) is 38.1 Å². The Hall–Kier alpha value is -1.41. The molecule has 1 aromatic rings. The predicted octanol–water partition coefficient (Wildman–Crippen LogP) is 3.59. The molecule has 0 spiro atoms. The van der Waals surface area contributed by atoms with E-state index in [-0.39, 0.29) is 18.5 Å².